The highest BCUT2D eigenvalue weighted by molar-refractivity contribution is 9.09. The number of H-pyrrole nitrogens is 1. The molecule has 2 aromatic heterocycles. The van der Waals surface area contributed by atoms with Crippen LogP contribution >= 0.6 is 15.9 Å². The standard InChI is InChI=1S/C20H31N5O3S.C18H27N5O2S.C2H5BrO/c1-20(2,3)23-29(27,28)17-10-9-16(13-15-7-5-4-6-8-15)18(14-17)19-21-24-25(22-19)11-12-26;1-18(2,3)21-26(24,25)15-10-9-14(11-13-7-5-4-6-8-13)16(12-15)17-19-22-23-20-17;3-1-2-4/h9-10,14-15,23,26H,4-8,11-13H2,1-3H3;9-10,12-13,21H,4-8,11H2,1-3H3,(H,19,20,22,23);4H,1-2H2. The van der Waals surface area contributed by atoms with Crippen LogP contribution in [0.2, 0.25) is 0 Å². The van der Waals surface area contributed by atoms with E-state index in [9.17, 15) is 16.8 Å². The minimum Gasteiger partial charge on any atom is -0.396 e. The largest absolute Gasteiger partial charge is 0.396 e. The molecule has 5 N–H and O–H groups in total. The maximum atomic E-state index is 12.8. The molecule has 0 unspecified atom stereocenters. The van der Waals surface area contributed by atoms with Gasteiger partial charge in [-0.15, -0.1) is 20.4 Å². The molecule has 16 nitrogen and oxygen atoms in total. The van der Waals surface area contributed by atoms with Gasteiger partial charge in [0.2, 0.25) is 31.7 Å². The van der Waals surface area contributed by atoms with Crippen LogP contribution in [0.4, 0.5) is 0 Å². The van der Waals surface area contributed by atoms with Gasteiger partial charge in [0, 0.05) is 27.5 Å². The molecule has 0 bridgehead atoms. The van der Waals surface area contributed by atoms with Crippen LogP contribution in [0.25, 0.3) is 22.8 Å². The molecule has 2 heterocycles. The van der Waals surface area contributed by atoms with E-state index in [1.165, 1.54) is 69.0 Å². The number of benzene rings is 2. The van der Waals surface area contributed by atoms with E-state index in [2.05, 4.69) is 61.4 Å². The maximum absolute atomic E-state index is 12.8. The third kappa shape index (κ3) is 15.7. The summed E-state index contributed by atoms with van der Waals surface area (Å²) in [5, 5.41) is 44.3. The van der Waals surface area contributed by atoms with Crippen molar-refractivity contribution in [1.82, 2.24) is 50.3 Å². The molecule has 2 aliphatic rings. The van der Waals surface area contributed by atoms with Gasteiger partial charge in [0.15, 0.2) is 0 Å². The number of aromatic amines is 1. The van der Waals surface area contributed by atoms with Crippen LogP contribution < -0.4 is 9.44 Å². The Morgan fingerprint density at radius 3 is 1.56 bits per heavy atom. The molecule has 0 spiro atoms. The summed E-state index contributed by atoms with van der Waals surface area (Å²) in [7, 11) is -7.29. The first kappa shape index (κ1) is 48.5. The number of sulfonamides is 2. The third-order valence-electron chi connectivity index (χ3n) is 9.80. The Morgan fingerprint density at radius 2 is 1.17 bits per heavy atom. The maximum Gasteiger partial charge on any atom is 0.241 e. The number of hydrogen-bond donors (Lipinski definition) is 5. The zero-order chi connectivity index (χ0) is 43.3. The van der Waals surface area contributed by atoms with Gasteiger partial charge in [-0.3, -0.25) is 0 Å². The molecular weight excluding hydrogens is 861 g/mol. The first-order valence-corrected chi connectivity index (χ1v) is 24.6. The average Bonchev–Trinajstić information content (AvgIpc) is 3.88. The number of tetrazole rings is 2. The lowest BCUT2D eigenvalue weighted by Gasteiger charge is -2.23. The molecule has 19 heteroatoms. The van der Waals surface area contributed by atoms with Crippen LogP contribution in [0.5, 0.6) is 0 Å². The average molecular weight is 924 g/mol. The summed E-state index contributed by atoms with van der Waals surface area (Å²) in [6.07, 6.45) is 14.2. The first-order valence-electron chi connectivity index (χ1n) is 20.5. The molecule has 0 atom stereocenters. The summed E-state index contributed by atoms with van der Waals surface area (Å²) in [5.74, 6) is 2.04. The van der Waals surface area contributed by atoms with E-state index in [1.54, 1.807) is 24.3 Å². The van der Waals surface area contributed by atoms with Crippen LogP contribution in [-0.4, -0.2) is 97.5 Å². The third-order valence-corrected chi connectivity index (χ3v) is 13.7. The quantitative estimate of drug-likeness (QED) is 0.0977. The lowest BCUT2D eigenvalue weighted by molar-refractivity contribution is 0.259. The van der Waals surface area contributed by atoms with Crippen molar-refractivity contribution in [2.75, 3.05) is 18.5 Å². The van der Waals surface area contributed by atoms with Crippen molar-refractivity contribution < 1.29 is 27.0 Å². The number of aliphatic hydroxyl groups is 2. The van der Waals surface area contributed by atoms with E-state index in [4.69, 9.17) is 10.2 Å². The fraction of sp³-hybridized carbons (Fsp3) is 0.650. The van der Waals surface area contributed by atoms with E-state index in [0.29, 0.717) is 34.4 Å². The molecule has 0 amide bonds. The Hall–Kier alpha value is -3.20. The molecule has 2 aromatic carbocycles. The van der Waals surface area contributed by atoms with Crippen LogP contribution in [0, 0.1) is 11.8 Å². The van der Waals surface area contributed by atoms with Gasteiger partial charge in [0.25, 0.3) is 0 Å². The molecule has 2 saturated carbocycles. The predicted molar refractivity (Wildman–Crippen MR) is 232 cm³/mol. The van der Waals surface area contributed by atoms with Gasteiger partial charge in [-0.25, -0.2) is 26.3 Å². The van der Waals surface area contributed by atoms with Crippen molar-refractivity contribution >= 4 is 36.0 Å². The normalized spacial score (nSPS) is 15.9. The first-order chi connectivity index (χ1) is 27.8. The molecule has 0 aliphatic heterocycles. The summed E-state index contributed by atoms with van der Waals surface area (Å²) in [5.41, 5.74) is 2.41. The number of nitrogens with zero attached hydrogens (tertiary/aromatic N) is 7. The molecule has 2 aliphatic carbocycles. The molecule has 0 radical (unpaired) electrons. The molecule has 2 fully saturated rings. The number of aromatic nitrogens is 8. The summed E-state index contributed by atoms with van der Waals surface area (Å²) < 4.78 is 56.4. The van der Waals surface area contributed by atoms with Crippen LogP contribution in [-0.2, 0) is 39.4 Å². The monoisotopic (exact) mass is 922 g/mol. The molecule has 6 rings (SSSR count). The van der Waals surface area contributed by atoms with Gasteiger partial charge >= 0.3 is 0 Å². The number of nitrogens with one attached hydrogen (secondary N) is 3. The van der Waals surface area contributed by atoms with E-state index in [0.717, 1.165) is 29.5 Å². The molecule has 4 aromatic rings. The van der Waals surface area contributed by atoms with Crippen molar-refractivity contribution in [1.29, 1.82) is 0 Å². The fourth-order valence-corrected chi connectivity index (χ4v) is 10.2. The van der Waals surface area contributed by atoms with Crippen LogP contribution in [0.1, 0.15) is 117 Å². The van der Waals surface area contributed by atoms with Gasteiger partial charge in [-0.05, 0) is 112 Å². The van der Waals surface area contributed by atoms with Crippen molar-refractivity contribution in [2.24, 2.45) is 11.8 Å². The number of rotatable bonds is 13. The number of halogens is 1. The molecule has 59 heavy (non-hydrogen) atoms. The SMILES string of the molecule is CC(C)(C)NS(=O)(=O)c1ccc(CC2CCCCC2)c(-c2nn[nH]n2)c1.CC(C)(C)NS(=O)(=O)c1ccc(CC2CCCCC2)c(-c2nnn(CCO)n2)c1.OCCBr. The van der Waals surface area contributed by atoms with Gasteiger partial charge < -0.3 is 10.2 Å². The van der Waals surface area contributed by atoms with Crippen LogP contribution in [0.15, 0.2) is 46.2 Å². The second kappa shape index (κ2) is 22.1. The Balaban J connectivity index is 0.000000240. The fourth-order valence-electron chi connectivity index (χ4n) is 7.36. The zero-order valence-corrected chi connectivity index (χ0v) is 38.5. The van der Waals surface area contributed by atoms with Crippen molar-refractivity contribution in [3.05, 3.63) is 47.5 Å². The van der Waals surface area contributed by atoms with E-state index in [1.807, 2.05) is 53.7 Å². The highest BCUT2D eigenvalue weighted by atomic mass is 79.9. The second-order valence-corrected chi connectivity index (χ2v) is 21.5. The van der Waals surface area contributed by atoms with Gasteiger partial charge in [0.1, 0.15) is 0 Å². The van der Waals surface area contributed by atoms with E-state index >= 15 is 0 Å². The highest BCUT2D eigenvalue weighted by Crippen LogP contribution is 2.33. The van der Waals surface area contributed by atoms with E-state index < -0.39 is 31.1 Å². The zero-order valence-electron chi connectivity index (χ0n) is 35.3. The highest BCUT2D eigenvalue weighted by Gasteiger charge is 2.27. The lowest BCUT2D eigenvalue weighted by Crippen LogP contribution is -2.40. The summed E-state index contributed by atoms with van der Waals surface area (Å²) in [6, 6.07) is 10.4. The van der Waals surface area contributed by atoms with Crippen LogP contribution in [0.3, 0.4) is 0 Å². The minimum atomic E-state index is -3.67. The van der Waals surface area contributed by atoms with Gasteiger partial charge in [-0.2, -0.15) is 10.0 Å². The Morgan fingerprint density at radius 1 is 0.712 bits per heavy atom. The topological polar surface area (TPSA) is 231 Å². The Bertz CT molecular complexity index is 2100. The number of hydrogen-bond acceptors (Lipinski definition) is 12. The van der Waals surface area contributed by atoms with Crippen molar-refractivity contribution in [3.8, 4) is 22.8 Å². The Kier molecular flexibility index (Phi) is 18.1. The summed E-state index contributed by atoms with van der Waals surface area (Å²) in [6.45, 7) is 11.3. The minimum absolute atomic E-state index is 0.0886. The van der Waals surface area contributed by atoms with Gasteiger partial charge in [0.05, 0.1) is 29.5 Å². The number of alkyl halides is 1. The second-order valence-electron chi connectivity index (χ2n) is 17.3. The summed E-state index contributed by atoms with van der Waals surface area (Å²) >= 11 is 3.00. The number of aliphatic hydroxyl groups excluding tert-OH is 2. The van der Waals surface area contributed by atoms with Crippen molar-refractivity contribution in [3.63, 3.8) is 0 Å². The molecular formula is C40H63BrN10O6S2. The van der Waals surface area contributed by atoms with E-state index in [-0.39, 0.29) is 29.5 Å². The predicted octanol–water partition coefficient (Wildman–Crippen LogP) is 5.97. The van der Waals surface area contributed by atoms with Crippen molar-refractivity contribution in [2.45, 2.75) is 146 Å². The Labute approximate surface area is 358 Å². The molecule has 0 saturated heterocycles. The lowest BCUT2D eigenvalue weighted by atomic mass is 9.84. The summed E-state index contributed by atoms with van der Waals surface area (Å²) in [4.78, 5) is 1.74. The van der Waals surface area contributed by atoms with Gasteiger partial charge in [-0.1, -0.05) is 92.3 Å². The molecule has 328 valence electrons. The smallest absolute Gasteiger partial charge is 0.241 e.